The summed E-state index contributed by atoms with van der Waals surface area (Å²) in [7, 11) is 0. The molecule has 1 spiro atoms. The van der Waals surface area contributed by atoms with Crippen LogP contribution in [0.5, 0.6) is 0 Å². The van der Waals surface area contributed by atoms with Crippen LogP contribution in [0.4, 0.5) is 11.4 Å². The Balaban J connectivity index is 1.84. The summed E-state index contributed by atoms with van der Waals surface area (Å²) in [5.74, 6) is -2.28. The van der Waals surface area contributed by atoms with Crippen molar-refractivity contribution in [1.29, 1.82) is 5.26 Å². The summed E-state index contributed by atoms with van der Waals surface area (Å²) in [5.41, 5.74) is 4.86. The summed E-state index contributed by atoms with van der Waals surface area (Å²) in [6.07, 6.45) is 0. The Morgan fingerprint density at radius 2 is 2.00 bits per heavy atom. The molecule has 0 radical (unpaired) electrons. The Morgan fingerprint density at radius 3 is 2.69 bits per heavy atom. The number of ether oxygens (including phenoxy) is 2. The van der Waals surface area contributed by atoms with E-state index in [1.54, 1.807) is 55.5 Å². The van der Waals surface area contributed by atoms with Crippen LogP contribution < -0.4 is 16.0 Å². The molecule has 0 fully saturated rings. The Morgan fingerprint density at radius 1 is 1.26 bits per heavy atom. The molecule has 2 aromatic rings. The molecule has 4 rings (SSSR count). The van der Waals surface area contributed by atoms with Crippen molar-refractivity contribution in [1.82, 2.24) is 0 Å². The number of esters is 1. The van der Waals surface area contributed by atoms with Gasteiger partial charge < -0.3 is 25.4 Å². The van der Waals surface area contributed by atoms with Crippen LogP contribution in [0.3, 0.4) is 0 Å². The van der Waals surface area contributed by atoms with E-state index in [9.17, 15) is 19.6 Å². The highest BCUT2D eigenvalue weighted by Crippen LogP contribution is 2.54. The van der Waals surface area contributed by atoms with Gasteiger partial charge in [0.05, 0.1) is 6.61 Å². The van der Waals surface area contributed by atoms with Crippen LogP contribution in [-0.2, 0) is 29.3 Å². The van der Waals surface area contributed by atoms with Crippen LogP contribution in [0, 0.1) is 11.3 Å². The minimum absolute atomic E-state index is 0.0355. The first-order valence-electron chi connectivity index (χ1n) is 10.7. The molecule has 10 heteroatoms. The number of carbonyl (C=O) groups excluding carboxylic acids is 3. The number of hydrogen-bond donors (Lipinski definition) is 2. The van der Waals surface area contributed by atoms with E-state index in [4.69, 9.17) is 26.8 Å². The highest BCUT2D eigenvalue weighted by atomic mass is 35.5. The van der Waals surface area contributed by atoms with Crippen LogP contribution in [0.15, 0.2) is 71.3 Å². The number of allylic oxidation sites excluding steroid dienone is 1. The van der Waals surface area contributed by atoms with Crippen molar-refractivity contribution in [2.24, 2.45) is 5.73 Å². The van der Waals surface area contributed by atoms with Gasteiger partial charge in [-0.05, 0) is 38.1 Å². The van der Waals surface area contributed by atoms with E-state index in [-0.39, 0.29) is 29.4 Å². The number of para-hydroxylation sites is 1. The molecule has 1 atom stereocenters. The molecule has 2 aliphatic rings. The average Bonchev–Trinajstić information content (AvgIpc) is 3.03. The van der Waals surface area contributed by atoms with Gasteiger partial charge in [0, 0.05) is 22.0 Å². The molecule has 2 aromatic carbocycles. The zero-order chi connectivity index (χ0) is 25.3. The number of rotatable bonds is 5. The molecule has 9 nitrogen and oxygen atoms in total. The highest BCUT2D eigenvalue weighted by molar-refractivity contribution is 6.31. The maximum atomic E-state index is 14.1. The van der Waals surface area contributed by atoms with E-state index in [0.29, 0.717) is 22.0 Å². The minimum Gasteiger partial charge on any atom is -0.462 e. The number of carbonyl (C=O) groups is 3. The molecule has 0 saturated carbocycles. The molecular formula is C25H21ClN4O5. The maximum absolute atomic E-state index is 14.1. The molecule has 2 amide bonds. The number of fused-ring (bicyclic) bond motifs is 2. The van der Waals surface area contributed by atoms with Gasteiger partial charge in [-0.1, -0.05) is 35.9 Å². The normalized spacial score (nSPS) is 18.8. The molecule has 178 valence electrons. The summed E-state index contributed by atoms with van der Waals surface area (Å²) in [6.45, 7) is 2.74. The Kier molecular flexibility index (Phi) is 6.24. The van der Waals surface area contributed by atoms with Crippen molar-refractivity contribution in [3.05, 3.63) is 81.9 Å². The smallest absolute Gasteiger partial charge is 0.339 e. The van der Waals surface area contributed by atoms with Gasteiger partial charge in [-0.2, -0.15) is 5.26 Å². The second-order valence-corrected chi connectivity index (χ2v) is 8.26. The number of nitrogens with one attached hydrogen (secondary N) is 1. The summed E-state index contributed by atoms with van der Waals surface area (Å²) < 4.78 is 10.7. The molecular weight excluding hydrogens is 472 g/mol. The first-order valence-corrected chi connectivity index (χ1v) is 11.1. The first kappa shape index (κ1) is 23.9. The number of nitriles is 1. The largest absolute Gasteiger partial charge is 0.462 e. The van der Waals surface area contributed by atoms with Gasteiger partial charge in [0.1, 0.15) is 29.5 Å². The zero-order valence-electron chi connectivity index (χ0n) is 18.9. The summed E-state index contributed by atoms with van der Waals surface area (Å²) in [4.78, 5) is 41.4. The van der Waals surface area contributed by atoms with Crippen molar-refractivity contribution in [3.63, 3.8) is 0 Å². The lowest BCUT2D eigenvalue weighted by Gasteiger charge is -2.34. The molecule has 0 bridgehead atoms. The standard InChI is InChI=1S/C25H21ClN4O5/c1-3-34-23(32)21-14(2)35-22(28)18(12-27)25(21)17-9-4-5-10-19(17)30(24(25)33)13-20(31)29-16-8-6-7-15(26)11-16/h4-11H,3,13,28H2,1-2H3,(H,29,31). The van der Waals surface area contributed by atoms with Gasteiger partial charge >= 0.3 is 5.97 Å². The topological polar surface area (TPSA) is 135 Å². The summed E-state index contributed by atoms with van der Waals surface area (Å²) in [5, 5.41) is 13.2. The van der Waals surface area contributed by atoms with Crippen molar-refractivity contribution >= 4 is 40.8 Å². The van der Waals surface area contributed by atoms with Crippen molar-refractivity contribution in [3.8, 4) is 6.07 Å². The maximum Gasteiger partial charge on any atom is 0.339 e. The average molecular weight is 493 g/mol. The lowest BCUT2D eigenvalue weighted by molar-refractivity contribution is -0.141. The van der Waals surface area contributed by atoms with Crippen LogP contribution in [-0.4, -0.2) is 30.9 Å². The third kappa shape index (κ3) is 3.78. The van der Waals surface area contributed by atoms with Gasteiger partial charge in [0.15, 0.2) is 5.41 Å². The van der Waals surface area contributed by atoms with Crippen LogP contribution in [0.25, 0.3) is 0 Å². The predicted molar refractivity (Wildman–Crippen MR) is 128 cm³/mol. The zero-order valence-corrected chi connectivity index (χ0v) is 19.7. The molecule has 3 N–H and O–H groups in total. The number of benzene rings is 2. The van der Waals surface area contributed by atoms with Crippen molar-refractivity contribution in [2.45, 2.75) is 19.3 Å². The fourth-order valence-electron chi connectivity index (χ4n) is 4.48. The van der Waals surface area contributed by atoms with Crippen molar-refractivity contribution < 1.29 is 23.9 Å². The first-order chi connectivity index (χ1) is 16.7. The van der Waals surface area contributed by atoms with Crippen LogP contribution in [0.2, 0.25) is 5.02 Å². The second kappa shape index (κ2) is 9.16. The quantitative estimate of drug-likeness (QED) is 0.612. The lowest BCUT2D eigenvalue weighted by Crippen LogP contribution is -2.49. The number of amides is 2. The Bertz CT molecular complexity index is 1360. The second-order valence-electron chi connectivity index (χ2n) is 7.82. The number of nitrogens with zero attached hydrogens (tertiary/aromatic N) is 2. The van der Waals surface area contributed by atoms with Crippen LogP contribution >= 0.6 is 11.6 Å². The number of anilines is 2. The van der Waals surface area contributed by atoms with E-state index >= 15 is 0 Å². The number of halogens is 1. The van der Waals surface area contributed by atoms with E-state index in [2.05, 4.69) is 5.32 Å². The number of nitrogens with two attached hydrogens (primary N) is 1. The van der Waals surface area contributed by atoms with Gasteiger partial charge in [-0.15, -0.1) is 0 Å². The fourth-order valence-corrected chi connectivity index (χ4v) is 4.67. The third-order valence-corrected chi connectivity index (χ3v) is 6.01. The van der Waals surface area contributed by atoms with Crippen LogP contribution in [0.1, 0.15) is 19.4 Å². The monoisotopic (exact) mass is 492 g/mol. The fraction of sp³-hybridized carbons (Fsp3) is 0.200. The Hall–Kier alpha value is -4.29. The van der Waals surface area contributed by atoms with Gasteiger partial charge in [-0.25, -0.2) is 4.79 Å². The predicted octanol–water partition coefficient (Wildman–Crippen LogP) is 3.12. The minimum atomic E-state index is -1.92. The molecule has 1 unspecified atom stereocenters. The highest BCUT2D eigenvalue weighted by Gasteiger charge is 2.62. The third-order valence-electron chi connectivity index (χ3n) is 5.78. The molecule has 2 heterocycles. The van der Waals surface area contributed by atoms with Gasteiger partial charge in [0.2, 0.25) is 17.7 Å². The molecule has 0 aromatic heterocycles. The molecule has 35 heavy (non-hydrogen) atoms. The SMILES string of the molecule is CCOC(=O)C1=C(C)OC(N)=C(C#N)C12C(=O)N(CC(=O)Nc1cccc(Cl)c1)c1ccccc12. The van der Waals surface area contributed by atoms with Gasteiger partial charge in [-0.3, -0.25) is 9.59 Å². The molecule has 0 aliphatic carbocycles. The Labute approximate surface area is 206 Å². The van der Waals surface area contributed by atoms with E-state index in [1.807, 2.05) is 6.07 Å². The van der Waals surface area contributed by atoms with Gasteiger partial charge in [0.25, 0.3) is 0 Å². The lowest BCUT2D eigenvalue weighted by atomic mass is 9.68. The van der Waals surface area contributed by atoms with Crippen molar-refractivity contribution in [2.75, 3.05) is 23.4 Å². The van der Waals surface area contributed by atoms with E-state index < -0.39 is 29.7 Å². The summed E-state index contributed by atoms with van der Waals surface area (Å²) >= 11 is 5.99. The number of hydrogen-bond acceptors (Lipinski definition) is 7. The van der Waals surface area contributed by atoms with E-state index in [1.165, 1.54) is 11.8 Å². The van der Waals surface area contributed by atoms with E-state index in [0.717, 1.165) is 0 Å². The molecule has 2 aliphatic heterocycles. The summed E-state index contributed by atoms with van der Waals surface area (Å²) in [6, 6.07) is 15.1. The molecule has 0 saturated heterocycles.